The molecule has 3 aromatic rings. The molecule has 128 valence electrons. The molecule has 0 unspecified atom stereocenters. The van der Waals surface area contributed by atoms with E-state index in [9.17, 15) is 0 Å². The van der Waals surface area contributed by atoms with Gasteiger partial charge >= 0.3 is 0 Å². The second kappa shape index (κ2) is 7.11. The summed E-state index contributed by atoms with van der Waals surface area (Å²) in [5.41, 5.74) is 4.55. The standard InChI is InChI=1S/C21H23N3O/c1-25-20-11-9-17(10-12-20)21-18(15-23-13-5-6-14-23)16-24(22-21)19-7-3-2-4-8-19/h2-4,7-12,16H,5-6,13-15H2,1H3. The number of hydrogen-bond acceptors (Lipinski definition) is 3. The molecule has 1 aliphatic rings. The lowest BCUT2D eigenvalue weighted by molar-refractivity contribution is 0.332. The maximum Gasteiger partial charge on any atom is 0.118 e. The Morgan fingerprint density at radius 3 is 2.36 bits per heavy atom. The van der Waals surface area contributed by atoms with Crippen LogP contribution >= 0.6 is 0 Å². The van der Waals surface area contributed by atoms with Gasteiger partial charge in [0.25, 0.3) is 0 Å². The first kappa shape index (κ1) is 15.9. The summed E-state index contributed by atoms with van der Waals surface area (Å²) in [7, 11) is 1.69. The average Bonchev–Trinajstić information content (AvgIpc) is 3.33. The van der Waals surface area contributed by atoms with Gasteiger partial charge in [-0.2, -0.15) is 5.10 Å². The molecule has 0 saturated carbocycles. The molecule has 0 N–H and O–H groups in total. The maximum atomic E-state index is 5.28. The third-order valence-corrected chi connectivity index (χ3v) is 4.77. The first-order chi connectivity index (χ1) is 12.3. The molecule has 0 atom stereocenters. The quantitative estimate of drug-likeness (QED) is 0.703. The number of methoxy groups -OCH3 is 1. The third-order valence-electron chi connectivity index (χ3n) is 4.77. The van der Waals surface area contributed by atoms with E-state index in [1.165, 1.54) is 31.5 Å². The molecule has 4 rings (SSSR count). The highest BCUT2D eigenvalue weighted by molar-refractivity contribution is 5.64. The smallest absolute Gasteiger partial charge is 0.118 e. The van der Waals surface area contributed by atoms with Crippen molar-refractivity contribution < 1.29 is 4.74 Å². The van der Waals surface area contributed by atoms with Gasteiger partial charge in [0.2, 0.25) is 0 Å². The second-order valence-electron chi connectivity index (χ2n) is 6.49. The average molecular weight is 333 g/mol. The molecule has 0 aliphatic carbocycles. The Labute approximate surface area is 148 Å². The Bertz CT molecular complexity index is 818. The number of benzene rings is 2. The van der Waals surface area contributed by atoms with Gasteiger partial charge in [-0.25, -0.2) is 4.68 Å². The summed E-state index contributed by atoms with van der Waals surface area (Å²) in [6, 6.07) is 18.5. The van der Waals surface area contributed by atoms with E-state index < -0.39 is 0 Å². The second-order valence-corrected chi connectivity index (χ2v) is 6.49. The minimum Gasteiger partial charge on any atom is -0.497 e. The predicted molar refractivity (Wildman–Crippen MR) is 100 cm³/mol. The zero-order valence-corrected chi connectivity index (χ0v) is 14.6. The predicted octanol–water partition coefficient (Wildman–Crippen LogP) is 4.14. The number of likely N-dealkylation sites (tertiary alicyclic amines) is 1. The van der Waals surface area contributed by atoms with Crippen molar-refractivity contribution in [1.82, 2.24) is 14.7 Å². The van der Waals surface area contributed by atoms with Gasteiger partial charge in [0.15, 0.2) is 0 Å². The van der Waals surface area contributed by atoms with Crippen molar-refractivity contribution in [1.29, 1.82) is 0 Å². The molecule has 1 aromatic heterocycles. The first-order valence-electron chi connectivity index (χ1n) is 8.84. The van der Waals surface area contributed by atoms with Crippen LogP contribution in [0.5, 0.6) is 5.75 Å². The van der Waals surface area contributed by atoms with Gasteiger partial charge in [-0.3, -0.25) is 4.90 Å². The lowest BCUT2D eigenvalue weighted by Crippen LogP contribution is -2.18. The summed E-state index contributed by atoms with van der Waals surface area (Å²) in [5, 5.41) is 4.90. The molecule has 0 radical (unpaired) electrons. The lowest BCUT2D eigenvalue weighted by atomic mass is 10.1. The number of ether oxygens (including phenoxy) is 1. The van der Waals surface area contributed by atoms with Crippen molar-refractivity contribution in [3.63, 3.8) is 0 Å². The van der Waals surface area contributed by atoms with E-state index in [1.807, 2.05) is 35.0 Å². The Morgan fingerprint density at radius 2 is 1.68 bits per heavy atom. The van der Waals surface area contributed by atoms with Gasteiger partial charge in [0.05, 0.1) is 18.5 Å². The van der Waals surface area contributed by atoms with Crippen LogP contribution in [0, 0.1) is 0 Å². The van der Waals surface area contributed by atoms with Gasteiger partial charge in [-0.1, -0.05) is 18.2 Å². The highest BCUT2D eigenvalue weighted by Gasteiger charge is 2.18. The van der Waals surface area contributed by atoms with Crippen LogP contribution in [0.3, 0.4) is 0 Å². The van der Waals surface area contributed by atoms with E-state index in [1.54, 1.807) is 7.11 Å². The zero-order chi connectivity index (χ0) is 17.1. The maximum absolute atomic E-state index is 5.28. The van der Waals surface area contributed by atoms with Crippen molar-refractivity contribution in [3.8, 4) is 22.7 Å². The monoisotopic (exact) mass is 333 g/mol. The van der Waals surface area contributed by atoms with Crippen LogP contribution in [0.25, 0.3) is 16.9 Å². The summed E-state index contributed by atoms with van der Waals surface area (Å²) in [6.07, 6.45) is 4.77. The van der Waals surface area contributed by atoms with Crippen molar-refractivity contribution in [2.45, 2.75) is 19.4 Å². The summed E-state index contributed by atoms with van der Waals surface area (Å²) in [4.78, 5) is 2.51. The van der Waals surface area contributed by atoms with E-state index in [-0.39, 0.29) is 0 Å². The zero-order valence-electron chi connectivity index (χ0n) is 14.6. The van der Waals surface area contributed by atoms with Crippen molar-refractivity contribution in [2.75, 3.05) is 20.2 Å². The Hall–Kier alpha value is -2.59. The summed E-state index contributed by atoms with van der Waals surface area (Å²) in [5.74, 6) is 0.868. The summed E-state index contributed by atoms with van der Waals surface area (Å²) in [6.45, 7) is 3.31. The molecule has 2 heterocycles. The molecular weight excluding hydrogens is 310 g/mol. The molecule has 4 heteroatoms. The largest absolute Gasteiger partial charge is 0.497 e. The third kappa shape index (κ3) is 3.44. The summed E-state index contributed by atoms with van der Waals surface area (Å²) < 4.78 is 7.27. The highest BCUT2D eigenvalue weighted by Crippen LogP contribution is 2.27. The molecule has 4 nitrogen and oxygen atoms in total. The molecule has 1 saturated heterocycles. The molecule has 0 spiro atoms. The highest BCUT2D eigenvalue weighted by atomic mass is 16.5. The van der Waals surface area contributed by atoms with Gasteiger partial charge in [-0.15, -0.1) is 0 Å². The fourth-order valence-corrected chi connectivity index (χ4v) is 3.41. The minimum absolute atomic E-state index is 0.868. The normalized spacial score (nSPS) is 14.8. The van der Waals surface area contributed by atoms with Crippen LogP contribution in [0.4, 0.5) is 0 Å². The van der Waals surface area contributed by atoms with Crippen molar-refractivity contribution in [3.05, 3.63) is 66.4 Å². The molecule has 25 heavy (non-hydrogen) atoms. The number of aromatic nitrogens is 2. The van der Waals surface area contributed by atoms with E-state index >= 15 is 0 Å². The number of rotatable bonds is 5. The Kier molecular flexibility index (Phi) is 4.53. The molecule has 0 amide bonds. The fraction of sp³-hybridized carbons (Fsp3) is 0.286. The summed E-state index contributed by atoms with van der Waals surface area (Å²) >= 11 is 0. The van der Waals surface area contributed by atoms with Crippen LogP contribution in [-0.4, -0.2) is 34.9 Å². The van der Waals surface area contributed by atoms with Gasteiger partial charge in [0.1, 0.15) is 5.75 Å². The SMILES string of the molecule is COc1ccc(-c2nn(-c3ccccc3)cc2CN2CCCC2)cc1. The minimum atomic E-state index is 0.868. The van der Waals surface area contributed by atoms with E-state index in [2.05, 4.69) is 35.4 Å². The van der Waals surface area contributed by atoms with Crippen LogP contribution < -0.4 is 4.74 Å². The van der Waals surface area contributed by atoms with Crippen molar-refractivity contribution in [2.24, 2.45) is 0 Å². The van der Waals surface area contributed by atoms with Crippen LogP contribution in [0.15, 0.2) is 60.8 Å². The van der Waals surface area contributed by atoms with Gasteiger partial charge < -0.3 is 4.74 Å². The molecule has 1 aliphatic heterocycles. The topological polar surface area (TPSA) is 30.3 Å². The van der Waals surface area contributed by atoms with Crippen molar-refractivity contribution >= 4 is 0 Å². The Balaban J connectivity index is 1.72. The van der Waals surface area contributed by atoms with Gasteiger partial charge in [-0.05, 0) is 62.3 Å². The van der Waals surface area contributed by atoms with E-state index in [0.717, 1.165) is 29.2 Å². The molecule has 0 bridgehead atoms. The molecule has 1 fully saturated rings. The molecular formula is C21H23N3O. The molecule has 2 aromatic carbocycles. The van der Waals surface area contributed by atoms with Crippen LogP contribution in [0.2, 0.25) is 0 Å². The number of hydrogen-bond donors (Lipinski definition) is 0. The fourth-order valence-electron chi connectivity index (χ4n) is 3.41. The number of nitrogens with zero attached hydrogens (tertiary/aromatic N) is 3. The van der Waals surface area contributed by atoms with E-state index in [4.69, 9.17) is 9.84 Å². The van der Waals surface area contributed by atoms with Crippen LogP contribution in [-0.2, 0) is 6.54 Å². The van der Waals surface area contributed by atoms with Crippen LogP contribution in [0.1, 0.15) is 18.4 Å². The Morgan fingerprint density at radius 1 is 0.960 bits per heavy atom. The lowest BCUT2D eigenvalue weighted by Gasteiger charge is -2.14. The first-order valence-corrected chi connectivity index (χ1v) is 8.84. The van der Waals surface area contributed by atoms with Gasteiger partial charge in [0, 0.05) is 23.9 Å². The number of para-hydroxylation sites is 1. The van der Waals surface area contributed by atoms with E-state index in [0.29, 0.717) is 0 Å².